The van der Waals surface area contributed by atoms with Gasteiger partial charge < -0.3 is 33.0 Å². The number of esters is 1. The van der Waals surface area contributed by atoms with E-state index in [1.54, 1.807) is 0 Å². The minimum absolute atomic E-state index is 0.0302. The molecule has 0 heterocycles. The van der Waals surface area contributed by atoms with Crippen LogP contribution in [0.3, 0.4) is 0 Å². The van der Waals surface area contributed by atoms with Crippen molar-refractivity contribution in [2.45, 2.75) is 154 Å². The highest BCUT2D eigenvalue weighted by molar-refractivity contribution is 7.45. The lowest BCUT2D eigenvalue weighted by molar-refractivity contribution is -0.870. The minimum Gasteiger partial charge on any atom is -0.756 e. The highest BCUT2D eigenvalue weighted by Gasteiger charge is 2.20. The van der Waals surface area contributed by atoms with Crippen LogP contribution in [0.4, 0.5) is 0 Å². The summed E-state index contributed by atoms with van der Waals surface area (Å²) in [5, 5.41) is 9.88. The van der Waals surface area contributed by atoms with Gasteiger partial charge in [0.1, 0.15) is 19.3 Å². The van der Waals surface area contributed by atoms with E-state index in [1.165, 1.54) is 77.0 Å². The van der Waals surface area contributed by atoms with Gasteiger partial charge in [-0.3, -0.25) is 9.36 Å². The Labute approximate surface area is 264 Å². The maximum atomic E-state index is 12.2. The molecular formula is C33H68NO8P. The van der Waals surface area contributed by atoms with Crippen molar-refractivity contribution in [1.82, 2.24) is 0 Å². The molecule has 0 saturated heterocycles. The maximum Gasteiger partial charge on any atom is 0.305 e. The fraction of sp³-hybridized carbons (Fsp3) is 0.970. The van der Waals surface area contributed by atoms with Crippen molar-refractivity contribution in [2.24, 2.45) is 0 Å². The summed E-state index contributed by atoms with van der Waals surface area (Å²) >= 11 is 0. The zero-order valence-electron chi connectivity index (χ0n) is 28.5. The van der Waals surface area contributed by atoms with Gasteiger partial charge in [-0.05, 0) is 26.2 Å². The average Bonchev–Trinajstić information content (AvgIpc) is 2.94. The van der Waals surface area contributed by atoms with Crippen LogP contribution in [0.2, 0.25) is 0 Å². The van der Waals surface area contributed by atoms with E-state index in [0.29, 0.717) is 24.1 Å². The van der Waals surface area contributed by atoms with Crippen LogP contribution in [0.5, 0.6) is 0 Å². The smallest absolute Gasteiger partial charge is 0.305 e. The molecule has 0 aromatic heterocycles. The van der Waals surface area contributed by atoms with Gasteiger partial charge in [0.25, 0.3) is 7.82 Å². The monoisotopic (exact) mass is 637 g/mol. The summed E-state index contributed by atoms with van der Waals surface area (Å²) in [6, 6.07) is 0. The van der Waals surface area contributed by atoms with Gasteiger partial charge in [0.15, 0.2) is 0 Å². The number of carbonyl (C=O) groups is 1. The third kappa shape index (κ3) is 29.9. The summed E-state index contributed by atoms with van der Waals surface area (Å²) in [7, 11) is 1.37. The molecule has 3 atom stereocenters. The van der Waals surface area contributed by atoms with Crippen molar-refractivity contribution in [3.63, 3.8) is 0 Å². The number of rotatable bonds is 32. The van der Waals surface area contributed by atoms with Crippen LogP contribution in [0.1, 0.15) is 142 Å². The van der Waals surface area contributed by atoms with E-state index < -0.39 is 13.9 Å². The Bertz CT molecular complexity index is 688. The SMILES string of the molecule is CCCCCCCCCCCCCCCC[C@H](CCCCCC(=O)OCC)O[C@@H](CO)COP(=O)([O-])OCC[N+](C)(C)C. The van der Waals surface area contributed by atoms with E-state index >= 15 is 0 Å². The first kappa shape index (κ1) is 42.5. The van der Waals surface area contributed by atoms with Crippen LogP contribution in [-0.4, -0.2) is 81.9 Å². The van der Waals surface area contributed by atoms with Crippen LogP contribution in [0.25, 0.3) is 0 Å². The zero-order valence-corrected chi connectivity index (χ0v) is 29.4. The molecule has 9 nitrogen and oxygen atoms in total. The topological polar surface area (TPSA) is 114 Å². The van der Waals surface area contributed by atoms with Crippen molar-refractivity contribution < 1.29 is 42.4 Å². The molecule has 10 heteroatoms. The largest absolute Gasteiger partial charge is 0.756 e. The normalized spacial score (nSPS) is 14.9. The van der Waals surface area contributed by atoms with Gasteiger partial charge in [0, 0.05) is 6.42 Å². The third-order valence-electron chi connectivity index (χ3n) is 7.61. The van der Waals surface area contributed by atoms with Crippen LogP contribution in [0.15, 0.2) is 0 Å². The van der Waals surface area contributed by atoms with Gasteiger partial charge >= 0.3 is 5.97 Å². The van der Waals surface area contributed by atoms with Gasteiger partial charge in [0.2, 0.25) is 0 Å². The van der Waals surface area contributed by atoms with Gasteiger partial charge in [-0.2, -0.15) is 0 Å². The molecule has 1 N–H and O–H groups in total. The van der Waals surface area contributed by atoms with E-state index in [9.17, 15) is 19.4 Å². The number of unbranched alkanes of at least 4 members (excludes halogenated alkanes) is 15. The molecule has 258 valence electrons. The molecule has 0 aromatic rings. The first-order valence-electron chi connectivity index (χ1n) is 17.4. The van der Waals surface area contributed by atoms with Crippen molar-refractivity contribution >= 4 is 13.8 Å². The number of carbonyl (C=O) groups excluding carboxylic acids is 1. The van der Waals surface area contributed by atoms with Crippen molar-refractivity contribution in [2.75, 3.05) is 54.1 Å². The summed E-state index contributed by atoms with van der Waals surface area (Å²) in [6.45, 7) is 4.40. The molecule has 0 spiro atoms. The minimum atomic E-state index is -4.48. The number of ether oxygens (including phenoxy) is 2. The molecular weight excluding hydrogens is 569 g/mol. The van der Waals surface area contributed by atoms with Gasteiger partial charge in [-0.15, -0.1) is 0 Å². The number of phosphoric acid groups is 1. The number of nitrogens with zero attached hydrogens (tertiary/aromatic N) is 1. The molecule has 0 fully saturated rings. The number of hydrogen-bond acceptors (Lipinski definition) is 8. The summed E-state index contributed by atoms with van der Waals surface area (Å²) in [6.07, 6.45) is 21.9. The lowest BCUT2D eigenvalue weighted by Gasteiger charge is -2.29. The lowest BCUT2D eigenvalue weighted by atomic mass is 10.0. The van der Waals surface area contributed by atoms with E-state index in [1.807, 2.05) is 28.1 Å². The molecule has 43 heavy (non-hydrogen) atoms. The number of aliphatic hydroxyl groups is 1. The summed E-state index contributed by atoms with van der Waals surface area (Å²) < 4.78 is 33.9. The Kier molecular flexibility index (Phi) is 27.4. The molecule has 0 aromatic carbocycles. The number of quaternary nitrogens is 1. The Hall–Kier alpha value is -0.540. The van der Waals surface area contributed by atoms with E-state index in [0.717, 1.165) is 44.9 Å². The molecule has 0 aliphatic carbocycles. The standard InChI is InChI=1S/C33H68NO8P/c1-6-8-9-10-11-12-13-14-15-16-17-18-19-21-24-31(25-22-20-23-26-33(36)39-7-2)42-32(29-35)30-41-43(37,38)40-28-27-34(3,4)5/h31-32,35H,6-30H2,1-5H3/t31-,32+/m1/s1. The third-order valence-corrected chi connectivity index (χ3v) is 8.57. The van der Waals surface area contributed by atoms with Crippen LogP contribution < -0.4 is 4.89 Å². The molecule has 0 aliphatic heterocycles. The Balaban J connectivity index is 4.44. The quantitative estimate of drug-likeness (QED) is 0.0353. The highest BCUT2D eigenvalue weighted by Crippen LogP contribution is 2.38. The molecule has 1 unspecified atom stereocenters. The lowest BCUT2D eigenvalue weighted by Crippen LogP contribution is -2.37. The van der Waals surface area contributed by atoms with Gasteiger partial charge in [-0.25, -0.2) is 0 Å². The van der Waals surface area contributed by atoms with Crippen molar-refractivity contribution in [3.05, 3.63) is 0 Å². The summed E-state index contributed by atoms with van der Waals surface area (Å²) in [5.41, 5.74) is 0. The fourth-order valence-corrected chi connectivity index (χ4v) is 5.67. The predicted octanol–water partition coefficient (Wildman–Crippen LogP) is 7.33. The Morgan fingerprint density at radius 3 is 1.70 bits per heavy atom. The van der Waals surface area contributed by atoms with E-state index in [4.69, 9.17) is 18.5 Å². The average molecular weight is 638 g/mol. The number of hydrogen-bond donors (Lipinski definition) is 1. The van der Waals surface area contributed by atoms with Crippen molar-refractivity contribution in [3.8, 4) is 0 Å². The second kappa shape index (κ2) is 27.7. The fourth-order valence-electron chi connectivity index (χ4n) is 4.94. The number of likely N-dealkylation sites (N-methyl/N-ethyl adjacent to an activating group) is 1. The van der Waals surface area contributed by atoms with Gasteiger partial charge in [0.05, 0.1) is 47.1 Å². The Morgan fingerprint density at radius 2 is 1.23 bits per heavy atom. The van der Waals surface area contributed by atoms with Crippen LogP contribution >= 0.6 is 7.82 Å². The van der Waals surface area contributed by atoms with E-state index in [-0.39, 0.29) is 31.9 Å². The summed E-state index contributed by atoms with van der Waals surface area (Å²) in [4.78, 5) is 23.8. The van der Waals surface area contributed by atoms with Crippen LogP contribution in [0, 0.1) is 0 Å². The van der Waals surface area contributed by atoms with Gasteiger partial charge in [-0.1, -0.05) is 110 Å². The predicted molar refractivity (Wildman–Crippen MR) is 173 cm³/mol. The highest BCUT2D eigenvalue weighted by atomic mass is 31.2. The van der Waals surface area contributed by atoms with Crippen molar-refractivity contribution in [1.29, 1.82) is 0 Å². The molecule has 0 rings (SSSR count). The molecule has 0 saturated carbocycles. The second-order valence-electron chi connectivity index (χ2n) is 12.9. The Morgan fingerprint density at radius 1 is 0.744 bits per heavy atom. The first-order chi connectivity index (χ1) is 20.5. The summed E-state index contributed by atoms with van der Waals surface area (Å²) in [5.74, 6) is -0.166. The molecule has 0 bridgehead atoms. The molecule has 0 aliphatic rings. The maximum absolute atomic E-state index is 12.2. The molecule has 0 radical (unpaired) electrons. The van der Waals surface area contributed by atoms with Crippen LogP contribution in [-0.2, 0) is 27.9 Å². The number of aliphatic hydroxyl groups excluding tert-OH is 1. The zero-order chi connectivity index (χ0) is 32.2. The van der Waals surface area contributed by atoms with E-state index in [2.05, 4.69) is 6.92 Å². The second-order valence-corrected chi connectivity index (χ2v) is 14.4. The first-order valence-corrected chi connectivity index (χ1v) is 18.8. The molecule has 0 amide bonds. The number of phosphoric ester groups is 1.